The quantitative estimate of drug-likeness (QED) is 0.0719. The highest BCUT2D eigenvalue weighted by molar-refractivity contribution is 5.91. The maximum Gasteiger partial charge on any atom is 0.326 e. The van der Waals surface area contributed by atoms with Gasteiger partial charge in [0.25, 0.3) is 0 Å². The molecule has 0 aromatic rings. The fourth-order valence-corrected chi connectivity index (χ4v) is 2.49. The summed E-state index contributed by atoms with van der Waals surface area (Å²) in [6, 6.07) is -3.33. The number of unbranched alkanes of at least 4 members (excludes halogenated alkanes) is 1. The third kappa shape index (κ3) is 12.5. The molecule has 0 aliphatic rings. The number of rotatable bonds is 16. The van der Waals surface area contributed by atoms with E-state index in [2.05, 4.69) is 15.6 Å². The molecule has 12 N–H and O–H groups in total. The maximum atomic E-state index is 12.5. The highest BCUT2D eigenvalue weighted by Gasteiger charge is 2.27. The molecule has 0 bridgehead atoms. The van der Waals surface area contributed by atoms with Crippen LogP contribution < -0.4 is 33.6 Å². The number of aliphatic imine (C=N–C) groups is 1. The minimum absolute atomic E-state index is 0.0689. The van der Waals surface area contributed by atoms with Gasteiger partial charge >= 0.3 is 11.9 Å². The van der Waals surface area contributed by atoms with Crippen molar-refractivity contribution in [2.24, 2.45) is 27.9 Å². The van der Waals surface area contributed by atoms with Crippen molar-refractivity contribution >= 4 is 29.7 Å². The normalized spacial score (nSPS) is 13.5. The molecule has 0 unspecified atom stereocenters. The van der Waals surface area contributed by atoms with Gasteiger partial charge in [0.1, 0.15) is 12.1 Å². The summed E-state index contributed by atoms with van der Waals surface area (Å²) in [6.45, 7) is 0.691. The van der Waals surface area contributed by atoms with Gasteiger partial charge in [0.05, 0.1) is 6.04 Å². The predicted octanol–water partition coefficient (Wildman–Crippen LogP) is -2.58. The molecule has 0 saturated carbocycles. The summed E-state index contributed by atoms with van der Waals surface area (Å²) in [6.07, 6.45) is 1.35. The Kier molecular flexibility index (Phi) is 13.5. The van der Waals surface area contributed by atoms with Crippen molar-refractivity contribution in [3.8, 4) is 0 Å². The van der Waals surface area contributed by atoms with Crippen molar-refractivity contribution in [2.75, 3.05) is 13.1 Å². The lowest BCUT2D eigenvalue weighted by atomic mass is 10.1. The molecule has 0 spiro atoms. The van der Waals surface area contributed by atoms with E-state index in [1.165, 1.54) is 0 Å². The van der Waals surface area contributed by atoms with Crippen LogP contribution in [0.15, 0.2) is 4.99 Å². The number of nitrogens with one attached hydrogen (secondary N) is 2. The Morgan fingerprint density at radius 1 is 0.867 bits per heavy atom. The van der Waals surface area contributed by atoms with E-state index in [0.29, 0.717) is 32.4 Å². The van der Waals surface area contributed by atoms with Gasteiger partial charge in [0.15, 0.2) is 5.96 Å². The number of aliphatic carboxylic acids is 2. The largest absolute Gasteiger partial charge is 0.481 e. The van der Waals surface area contributed by atoms with E-state index in [1.54, 1.807) is 0 Å². The second-order valence-electron chi connectivity index (χ2n) is 6.73. The Labute approximate surface area is 174 Å². The van der Waals surface area contributed by atoms with E-state index in [-0.39, 0.29) is 25.2 Å². The van der Waals surface area contributed by atoms with Gasteiger partial charge in [-0.25, -0.2) is 4.79 Å². The third-order valence-electron chi connectivity index (χ3n) is 4.15. The minimum Gasteiger partial charge on any atom is -0.481 e. The standard InChI is InChI=1S/C17H33N7O6/c18-8-2-1-5-11(15(28)24-12(16(29)30)6-7-13(25)26)23-14(27)10(19)4-3-9-22-17(20)21/h10-12H,1-9,18-19H2,(H,23,27)(H,24,28)(H,25,26)(H,29,30)(H4,20,21,22)/t10-,11-,12-/m0/s1. The van der Waals surface area contributed by atoms with Crippen LogP contribution in [0.25, 0.3) is 0 Å². The summed E-state index contributed by atoms with van der Waals surface area (Å²) in [4.78, 5) is 50.6. The maximum absolute atomic E-state index is 12.5. The summed E-state index contributed by atoms with van der Waals surface area (Å²) in [5, 5.41) is 22.7. The highest BCUT2D eigenvalue weighted by Crippen LogP contribution is 2.05. The van der Waals surface area contributed by atoms with Crippen LogP contribution >= 0.6 is 0 Å². The first kappa shape index (κ1) is 27.1. The van der Waals surface area contributed by atoms with Crippen LogP contribution in [0.3, 0.4) is 0 Å². The van der Waals surface area contributed by atoms with E-state index in [1.807, 2.05) is 0 Å². The predicted molar refractivity (Wildman–Crippen MR) is 109 cm³/mol. The Morgan fingerprint density at radius 3 is 2.03 bits per heavy atom. The summed E-state index contributed by atoms with van der Waals surface area (Å²) in [5.41, 5.74) is 21.7. The molecule has 3 atom stereocenters. The number of hydrogen-bond donors (Lipinski definition) is 8. The number of nitrogens with zero attached hydrogens (tertiary/aromatic N) is 1. The smallest absolute Gasteiger partial charge is 0.326 e. The minimum atomic E-state index is -1.39. The van der Waals surface area contributed by atoms with Crippen LogP contribution in [0.4, 0.5) is 0 Å². The average molecular weight is 431 g/mol. The number of carboxylic acid groups (broad SMARTS) is 2. The van der Waals surface area contributed by atoms with Gasteiger partial charge < -0.3 is 43.8 Å². The Balaban J connectivity index is 4.94. The SMILES string of the molecule is NCCCC[C@H](NC(=O)[C@@H](N)CCCN=C(N)N)C(=O)N[C@@H](CCC(=O)O)C(=O)O. The molecule has 0 rings (SSSR count). The van der Waals surface area contributed by atoms with Crippen LogP contribution in [0.1, 0.15) is 44.9 Å². The summed E-state index contributed by atoms with van der Waals surface area (Å²) < 4.78 is 0. The molecular weight excluding hydrogens is 398 g/mol. The molecule has 0 radical (unpaired) electrons. The lowest BCUT2D eigenvalue weighted by Gasteiger charge is -2.22. The summed E-state index contributed by atoms with van der Waals surface area (Å²) in [5.74, 6) is -3.93. The van der Waals surface area contributed by atoms with Crippen molar-refractivity contribution in [3.63, 3.8) is 0 Å². The molecule has 0 aliphatic heterocycles. The van der Waals surface area contributed by atoms with Crippen LogP contribution in [-0.4, -0.2) is 71.1 Å². The monoisotopic (exact) mass is 431 g/mol. The average Bonchev–Trinajstić information content (AvgIpc) is 2.66. The molecule has 0 aromatic heterocycles. The van der Waals surface area contributed by atoms with Gasteiger partial charge in [0, 0.05) is 13.0 Å². The van der Waals surface area contributed by atoms with Crippen molar-refractivity contribution in [3.05, 3.63) is 0 Å². The van der Waals surface area contributed by atoms with Crippen molar-refractivity contribution in [1.82, 2.24) is 10.6 Å². The van der Waals surface area contributed by atoms with E-state index in [0.717, 1.165) is 0 Å². The van der Waals surface area contributed by atoms with Crippen LogP contribution in [-0.2, 0) is 19.2 Å². The molecule has 2 amide bonds. The Hall–Kier alpha value is -2.93. The number of guanidine groups is 1. The second kappa shape index (κ2) is 15.0. The second-order valence-corrected chi connectivity index (χ2v) is 6.73. The topological polar surface area (TPSA) is 249 Å². The van der Waals surface area contributed by atoms with Gasteiger partial charge in [-0.2, -0.15) is 0 Å². The van der Waals surface area contributed by atoms with E-state index in [9.17, 15) is 24.3 Å². The van der Waals surface area contributed by atoms with Crippen LogP contribution in [0, 0.1) is 0 Å². The summed E-state index contributed by atoms with van der Waals surface area (Å²) in [7, 11) is 0. The third-order valence-corrected chi connectivity index (χ3v) is 4.15. The first-order valence-electron chi connectivity index (χ1n) is 9.64. The lowest BCUT2D eigenvalue weighted by molar-refractivity contribution is -0.143. The van der Waals surface area contributed by atoms with Crippen molar-refractivity contribution < 1.29 is 29.4 Å². The Bertz CT molecular complexity index is 609. The molecule has 172 valence electrons. The van der Waals surface area contributed by atoms with Crippen molar-refractivity contribution in [1.29, 1.82) is 0 Å². The first-order chi connectivity index (χ1) is 14.1. The molecule has 30 heavy (non-hydrogen) atoms. The first-order valence-corrected chi connectivity index (χ1v) is 9.64. The molecule has 13 nitrogen and oxygen atoms in total. The fourth-order valence-electron chi connectivity index (χ4n) is 2.49. The molecule has 0 heterocycles. The summed E-state index contributed by atoms with van der Waals surface area (Å²) >= 11 is 0. The zero-order valence-electron chi connectivity index (χ0n) is 16.9. The number of carbonyl (C=O) groups excluding carboxylic acids is 2. The van der Waals surface area contributed by atoms with Crippen LogP contribution in [0.5, 0.6) is 0 Å². The molecular formula is C17H33N7O6. The van der Waals surface area contributed by atoms with E-state index in [4.69, 9.17) is 28.0 Å². The van der Waals surface area contributed by atoms with Gasteiger partial charge in [-0.15, -0.1) is 0 Å². The van der Waals surface area contributed by atoms with E-state index >= 15 is 0 Å². The van der Waals surface area contributed by atoms with E-state index < -0.39 is 48.3 Å². The molecule has 0 aliphatic carbocycles. The number of carbonyl (C=O) groups is 4. The lowest BCUT2D eigenvalue weighted by Crippen LogP contribution is -2.54. The molecule has 0 fully saturated rings. The number of amides is 2. The molecule has 0 aromatic carbocycles. The zero-order valence-corrected chi connectivity index (χ0v) is 16.9. The number of carboxylic acids is 2. The number of nitrogens with two attached hydrogens (primary N) is 4. The van der Waals surface area contributed by atoms with Crippen LogP contribution in [0.2, 0.25) is 0 Å². The van der Waals surface area contributed by atoms with Gasteiger partial charge in [-0.05, 0) is 45.1 Å². The van der Waals surface area contributed by atoms with Gasteiger partial charge in [-0.1, -0.05) is 0 Å². The van der Waals surface area contributed by atoms with Gasteiger partial charge in [0.2, 0.25) is 11.8 Å². The molecule has 0 saturated heterocycles. The van der Waals surface area contributed by atoms with Gasteiger partial charge in [-0.3, -0.25) is 19.4 Å². The number of hydrogen-bond acceptors (Lipinski definition) is 7. The molecule has 13 heteroatoms. The zero-order chi connectivity index (χ0) is 23.1. The Morgan fingerprint density at radius 2 is 1.50 bits per heavy atom. The fraction of sp³-hybridized carbons (Fsp3) is 0.706. The highest BCUT2D eigenvalue weighted by atomic mass is 16.4. The van der Waals surface area contributed by atoms with Crippen molar-refractivity contribution in [2.45, 2.75) is 63.1 Å².